The molecular formula is C22H20N2O3. The summed E-state index contributed by atoms with van der Waals surface area (Å²) >= 11 is 0. The van der Waals surface area contributed by atoms with E-state index in [-0.39, 0.29) is 11.5 Å². The highest BCUT2D eigenvalue weighted by molar-refractivity contribution is 6.10. The molecule has 3 heterocycles. The number of anilines is 1. The van der Waals surface area contributed by atoms with Crippen LogP contribution in [0.4, 0.5) is 5.69 Å². The van der Waals surface area contributed by atoms with E-state index < -0.39 is 0 Å². The Hall–Kier alpha value is -3.34. The molecule has 4 aromatic rings. The van der Waals surface area contributed by atoms with E-state index in [1.54, 1.807) is 12.3 Å². The Bertz CT molecular complexity index is 1080. The summed E-state index contributed by atoms with van der Waals surface area (Å²) in [6, 6.07) is 15.4. The molecule has 5 heteroatoms. The Kier molecular flexibility index (Phi) is 4.50. The van der Waals surface area contributed by atoms with Crippen LogP contribution in [-0.2, 0) is 0 Å². The van der Waals surface area contributed by atoms with Gasteiger partial charge in [0, 0.05) is 6.42 Å². The number of fused-ring (bicyclic) bond motifs is 1. The number of pyridine rings is 1. The Labute approximate surface area is 156 Å². The predicted octanol–water partition coefficient (Wildman–Crippen LogP) is 5.71. The lowest BCUT2D eigenvalue weighted by Crippen LogP contribution is -2.00. The number of furan rings is 2. The standard InChI is InChI=1S/C22H20N2O3/c1-2-3-10-17(25)21-20(23)19-15(14-8-5-4-6-9-14)13-16(24-22(19)27-21)18-11-7-12-26-18/h4-9,11-13H,2-3,10,23H2,1H3. The van der Waals surface area contributed by atoms with E-state index >= 15 is 0 Å². The van der Waals surface area contributed by atoms with Crippen LogP contribution in [0.25, 0.3) is 33.7 Å². The lowest BCUT2D eigenvalue weighted by Gasteiger charge is -2.06. The molecule has 0 spiro atoms. The number of ketones is 1. The van der Waals surface area contributed by atoms with Crippen molar-refractivity contribution in [1.82, 2.24) is 4.98 Å². The van der Waals surface area contributed by atoms with Gasteiger partial charge in [-0.25, -0.2) is 4.98 Å². The highest BCUT2D eigenvalue weighted by Crippen LogP contribution is 2.38. The third-order valence-corrected chi connectivity index (χ3v) is 4.57. The molecule has 0 aliphatic rings. The summed E-state index contributed by atoms with van der Waals surface area (Å²) in [7, 11) is 0. The lowest BCUT2D eigenvalue weighted by molar-refractivity contribution is 0.0956. The molecule has 0 atom stereocenters. The molecule has 2 N–H and O–H groups in total. The van der Waals surface area contributed by atoms with E-state index in [1.165, 1.54) is 0 Å². The largest absolute Gasteiger partial charge is 0.463 e. The molecule has 5 nitrogen and oxygen atoms in total. The number of nitrogen functional groups attached to an aromatic ring is 1. The van der Waals surface area contributed by atoms with Crippen LogP contribution in [0.3, 0.4) is 0 Å². The molecule has 0 radical (unpaired) electrons. The third kappa shape index (κ3) is 3.12. The number of hydrogen-bond donors (Lipinski definition) is 1. The van der Waals surface area contributed by atoms with Gasteiger partial charge in [-0.05, 0) is 35.7 Å². The van der Waals surface area contributed by atoms with Crippen LogP contribution < -0.4 is 5.73 Å². The summed E-state index contributed by atoms with van der Waals surface area (Å²) in [6.07, 6.45) is 3.74. The Morgan fingerprint density at radius 2 is 1.96 bits per heavy atom. The minimum Gasteiger partial charge on any atom is -0.463 e. The van der Waals surface area contributed by atoms with E-state index in [0.717, 1.165) is 24.0 Å². The summed E-state index contributed by atoms with van der Waals surface area (Å²) in [5.74, 6) is 0.730. The Morgan fingerprint density at radius 1 is 1.15 bits per heavy atom. The third-order valence-electron chi connectivity index (χ3n) is 4.57. The Balaban J connectivity index is 1.95. The number of unbranched alkanes of at least 4 members (excludes halogenated alkanes) is 1. The van der Waals surface area contributed by atoms with Crippen molar-refractivity contribution in [1.29, 1.82) is 0 Å². The van der Waals surface area contributed by atoms with E-state index in [1.807, 2.05) is 49.4 Å². The van der Waals surface area contributed by atoms with Gasteiger partial charge in [-0.3, -0.25) is 4.79 Å². The zero-order chi connectivity index (χ0) is 18.8. The number of carbonyl (C=O) groups excluding carboxylic acids is 1. The summed E-state index contributed by atoms with van der Waals surface area (Å²) in [5.41, 5.74) is 9.50. The van der Waals surface area contributed by atoms with Crippen molar-refractivity contribution in [3.05, 3.63) is 60.6 Å². The highest BCUT2D eigenvalue weighted by atomic mass is 16.4. The summed E-state index contributed by atoms with van der Waals surface area (Å²) in [6.45, 7) is 2.04. The quantitative estimate of drug-likeness (QED) is 0.445. The molecule has 0 aliphatic heterocycles. The smallest absolute Gasteiger partial charge is 0.230 e. The van der Waals surface area contributed by atoms with Gasteiger partial charge in [-0.1, -0.05) is 43.7 Å². The Morgan fingerprint density at radius 3 is 2.67 bits per heavy atom. The van der Waals surface area contributed by atoms with Crippen molar-refractivity contribution in [2.24, 2.45) is 0 Å². The molecule has 0 bridgehead atoms. The molecule has 3 aromatic heterocycles. The summed E-state index contributed by atoms with van der Waals surface area (Å²) in [4.78, 5) is 17.1. The molecule has 136 valence electrons. The average molecular weight is 360 g/mol. The van der Waals surface area contributed by atoms with Gasteiger partial charge in [-0.2, -0.15) is 0 Å². The van der Waals surface area contributed by atoms with Gasteiger partial charge in [0.2, 0.25) is 5.71 Å². The van der Waals surface area contributed by atoms with E-state index in [4.69, 9.17) is 14.6 Å². The van der Waals surface area contributed by atoms with Crippen LogP contribution >= 0.6 is 0 Å². The molecule has 0 fully saturated rings. The van der Waals surface area contributed by atoms with E-state index in [0.29, 0.717) is 34.7 Å². The van der Waals surface area contributed by atoms with Crippen molar-refractivity contribution < 1.29 is 13.6 Å². The molecule has 27 heavy (non-hydrogen) atoms. The zero-order valence-electron chi connectivity index (χ0n) is 15.1. The van der Waals surface area contributed by atoms with Crippen molar-refractivity contribution in [2.75, 3.05) is 5.73 Å². The minimum atomic E-state index is -0.0917. The predicted molar refractivity (Wildman–Crippen MR) is 105 cm³/mol. The highest BCUT2D eigenvalue weighted by Gasteiger charge is 2.23. The number of nitrogens with zero attached hydrogens (tertiary/aromatic N) is 1. The van der Waals surface area contributed by atoms with Crippen molar-refractivity contribution in [3.63, 3.8) is 0 Å². The molecule has 4 rings (SSSR count). The second-order valence-corrected chi connectivity index (χ2v) is 6.45. The average Bonchev–Trinajstić information content (AvgIpc) is 3.35. The molecule has 0 saturated carbocycles. The molecular weight excluding hydrogens is 340 g/mol. The van der Waals surface area contributed by atoms with Crippen LogP contribution in [0.5, 0.6) is 0 Å². The molecule has 0 aliphatic carbocycles. The fourth-order valence-corrected chi connectivity index (χ4v) is 3.17. The first kappa shape index (κ1) is 17.1. The van der Waals surface area contributed by atoms with Crippen LogP contribution in [0.15, 0.2) is 63.6 Å². The van der Waals surface area contributed by atoms with E-state index in [9.17, 15) is 4.79 Å². The van der Waals surface area contributed by atoms with Gasteiger partial charge in [-0.15, -0.1) is 0 Å². The van der Waals surface area contributed by atoms with Crippen LogP contribution in [-0.4, -0.2) is 10.8 Å². The zero-order valence-corrected chi connectivity index (χ0v) is 15.1. The summed E-state index contributed by atoms with van der Waals surface area (Å²) < 4.78 is 11.3. The number of Topliss-reactive ketones (excluding diaryl/α,β-unsaturated/α-hetero) is 1. The van der Waals surface area contributed by atoms with Crippen LogP contribution in [0, 0.1) is 0 Å². The first-order valence-electron chi connectivity index (χ1n) is 9.04. The molecule has 0 saturated heterocycles. The second kappa shape index (κ2) is 7.11. The number of nitrogens with two attached hydrogens (primary N) is 1. The molecule has 0 unspecified atom stereocenters. The first-order valence-corrected chi connectivity index (χ1v) is 9.04. The lowest BCUT2D eigenvalue weighted by atomic mass is 10.0. The number of hydrogen-bond acceptors (Lipinski definition) is 5. The molecule has 0 amide bonds. The van der Waals surface area contributed by atoms with Gasteiger partial charge in [0.1, 0.15) is 5.69 Å². The topological polar surface area (TPSA) is 82.3 Å². The number of carbonyl (C=O) groups is 1. The van der Waals surface area contributed by atoms with Crippen LogP contribution in [0.1, 0.15) is 36.7 Å². The van der Waals surface area contributed by atoms with Gasteiger partial charge in [0.15, 0.2) is 17.3 Å². The van der Waals surface area contributed by atoms with Gasteiger partial charge < -0.3 is 14.6 Å². The number of rotatable bonds is 6. The minimum absolute atomic E-state index is 0.0917. The maximum absolute atomic E-state index is 12.5. The fraction of sp³-hybridized carbons (Fsp3) is 0.182. The maximum Gasteiger partial charge on any atom is 0.230 e. The van der Waals surface area contributed by atoms with Crippen molar-refractivity contribution in [2.45, 2.75) is 26.2 Å². The SMILES string of the molecule is CCCCC(=O)c1oc2nc(-c3ccco3)cc(-c3ccccc3)c2c1N. The number of benzene rings is 1. The normalized spacial score (nSPS) is 11.1. The molecule has 1 aromatic carbocycles. The van der Waals surface area contributed by atoms with Crippen molar-refractivity contribution >= 4 is 22.6 Å². The van der Waals surface area contributed by atoms with Gasteiger partial charge in [0.25, 0.3) is 0 Å². The van der Waals surface area contributed by atoms with Crippen molar-refractivity contribution in [3.8, 4) is 22.6 Å². The van der Waals surface area contributed by atoms with Gasteiger partial charge in [0.05, 0.1) is 17.3 Å². The second-order valence-electron chi connectivity index (χ2n) is 6.45. The van der Waals surface area contributed by atoms with Gasteiger partial charge >= 0.3 is 0 Å². The first-order chi connectivity index (χ1) is 13.2. The maximum atomic E-state index is 12.5. The van der Waals surface area contributed by atoms with Crippen LogP contribution in [0.2, 0.25) is 0 Å². The monoisotopic (exact) mass is 360 g/mol. The summed E-state index contributed by atoms with van der Waals surface area (Å²) in [5, 5.41) is 0.663. The van der Waals surface area contributed by atoms with E-state index in [2.05, 4.69) is 4.98 Å². The fourth-order valence-electron chi connectivity index (χ4n) is 3.17. The number of aromatic nitrogens is 1.